The minimum Gasteiger partial charge on any atom is -0.368 e. The number of nitrogens with two attached hydrogens (primary N) is 1. The van der Waals surface area contributed by atoms with Gasteiger partial charge in [0.25, 0.3) is 0 Å². The molecule has 0 aromatic heterocycles. The molecule has 0 bridgehead atoms. The first-order chi connectivity index (χ1) is 5.37. The van der Waals surface area contributed by atoms with Gasteiger partial charge >= 0.3 is 0 Å². The fourth-order valence-electron chi connectivity index (χ4n) is 1.69. The number of rotatable bonds is 3. The van der Waals surface area contributed by atoms with Crippen molar-refractivity contribution in [2.75, 3.05) is 6.54 Å². The lowest BCUT2D eigenvalue weighted by molar-refractivity contribution is -0.128. The molecule has 0 aliphatic heterocycles. The highest BCUT2D eigenvalue weighted by Crippen LogP contribution is 2.42. The highest BCUT2D eigenvalue weighted by molar-refractivity contribution is 4.95. The third kappa shape index (κ3) is 2.46. The monoisotopic (exact) mass is 171 g/mol. The molecule has 1 aliphatic rings. The lowest BCUT2D eigenvalue weighted by atomic mass is 9.99. The Labute approximate surface area is 75.5 Å². The van der Waals surface area contributed by atoms with Crippen molar-refractivity contribution in [3.05, 3.63) is 0 Å². The molecule has 0 saturated heterocycles. The summed E-state index contributed by atoms with van der Waals surface area (Å²) in [6.45, 7) is 9.03. The predicted molar refractivity (Wildman–Crippen MR) is 51.0 cm³/mol. The fourth-order valence-corrected chi connectivity index (χ4v) is 1.69. The Morgan fingerprint density at radius 1 is 1.25 bits per heavy atom. The Morgan fingerprint density at radius 3 is 2.00 bits per heavy atom. The van der Waals surface area contributed by atoms with Crippen molar-refractivity contribution in [2.24, 2.45) is 11.7 Å². The fraction of sp³-hybridized carbons (Fsp3) is 1.00. The van der Waals surface area contributed by atoms with Crippen LogP contribution in [0.2, 0.25) is 0 Å². The van der Waals surface area contributed by atoms with E-state index in [1.165, 1.54) is 12.8 Å². The van der Waals surface area contributed by atoms with Crippen molar-refractivity contribution in [2.45, 2.75) is 51.7 Å². The molecule has 2 N–H and O–H groups in total. The molecule has 0 spiro atoms. The van der Waals surface area contributed by atoms with Gasteiger partial charge in [-0.2, -0.15) is 0 Å². The van der Waals surface area contributed by atoms with Crippen molar-refractivity contribution < 1.29 is 4.74 Å². The molecule has 1 fully saturated rings. The van der Waals surface area contributed by atoms with Gasteiger partial charge in [-0.15, -0.1) is 0 Å². The summed E-state index contributed by atoms with van der Waals surface area (Å²) in [6, 6.07) is 0. The quantitative estimate of drug-likeness (QED) is 0.704. The molecule has 12 heavy (non-hydrogen) atoms. The third-order valence-corrected chi connectivity index (χ3v) is 2.39. The number of ether oxygens (including phenoxy) is 1. The van der Waals surface area contributed by atoms with Crippen LogP contribution in [0.15, 0.2) is 0 Å². The molecule has 2 nitrogen and oxygen atoms in total. The van der Waals surface area contributed by atoms with Gasteiger partial charge in [-0.3, -0.25) is 0 Å². The molecule has 0 radical (unpaired) electrons. The Hall–Kier alpha value is -0.0800. The van der Waals surface area contributed by atoms with E-state index in [2.05, 4.69) is 27.7 Å². The third-order valence-electron chi connectivity index (χ3n) is 2.39. The van der Waals surface area contributed by atoms with E-state index in [1.807, 2.05) is 0 Å². The Kier molecular flexibility index (Phi) is 2.50. The van der Waals surface area contributed by atoms with Crippen LogP contribution < -0.4 is 5.73 Å². The van der Waals surface area contributed by atoms with Crippen molar-refractivity contribution in [1.29, 1.82) is 0 Å². The van der Waals surface area contributed by atoms with Crippen molar-refractivity contribution in [3.63, 3.8) is 0 Å². The molecular weight excluding hydrogens is 150 g/mol. The van der Waals surface area contributed by atoms with E-state index in [1.54, 1.807) is 0 Å². The molecule has 0 aromatic carbocycles. The normalized spacial score (nSPS) is 23.8. The molecule has 72 valence electrons. The van der Waals surface area contributed by atoms with Crippen LogP contribution in [0.5, 0.6) is 0 Å². The molecule has 1 aliphatic carbocycles. The first-order valence-corrected chi connectivity index (χ1v) is 4.78. The molecular formula is C10H21NO. The summed E-state index contributed by atoms with van der Waals surface area (Å²) in [5, 5.41) is 0. The van der Waals surface area contributed by atoms with Gasteiger partial charge < -0.3 is 10.5 Å². The van der Waals surface area contributed by atoms with Crippen LogP contribution in [0.3, 0.4) is 0 Å². The van der Waals surface area contributed by atoms with Crippen molar-refractivity contribution >= 4 is 0 Å². The van der Waals surface area contributed by atoms with E-state index in [9.17, 15) is 0 Å². The molecule has 1 rings (SSSR count). The first-order valence-electron chi connectivity index (χ1n) is 4.78. The lowest BCUT2D eigenvalue weighted by Crippen LogP contribution is -2.45. The van der Waals surface area contributed by atoms with Crippen LogP contribution in [0.1, 0.15) is 40.5 Å². The maximum absolute atomic E-state index is 5.97. The maximum atomic E-state index is 5.97. The van der Waals surface area contributed by atoms with Gasteiger partial charge in [-0.25, -0.2) is 0 Å². The standard InChI is InChI=1S/C10H21NO/c1-9(2,3)12-10(4,7-11)8-5-6-8/h8H,5-7,11H2,1-4H3. The second kappa shape index (κ2) is 3.00. The number of hydrogen-bond acceptors (Lipinski definition) is 2. The average molecular weight is 171 g/mol. The first kappa shape index (κ1) is 10.0. The zero-order chi connectivity index (χ0) is 9.41. The van der Waals surface area contributed by atoms with Gasteiger partial charge in [0.15, 0.2) is 0 Å². The van der Waals surface area contributed by atoms with Gasteiger partial charge in [-0.05, 0) is 46.5 Å². The second-order valence-corrected chi connectivity index (χ2v) is 5.01. The summed E-state index contributed by atoms with van der Waals surface area (Å²) >= 11 is 0. The molecule has 0 amide bonds. The average Bonchev–Trinajstić information content (AvgIpc) is 2.64. The maximum Gasteiger partial charge on any atom is 0.0811 e. The van der Waals surface area contributed by atoms with Gasteiger partial charge in [-0.1, -0.05) is 0 Å². The van der Waals surface area contributed by atoms with Gasteiger partial charge in [0.1, 0.15) is 0 Å². The molecule has 0 aromatic rings. The highest BCUT2D eigenvalue weighted by Gasteiger charge is 2.43. The summed E-state index contributed by atoms with van der Waals surface area (Å²) in [6.07, 6.45) is 2.56. The van der Waals surface area contributed by atoms with Gasteiger partial charge in [0.2, 0.25) is 0 Å². The van der Waals surface area contributed by atoms with Crippen LogP contribution in [-0.4, -0.2) is 17.7 Å². The van der Waals surface area contributed by atoms with Crippen molar-refractivity contribution in [3.8, 4) is 0 Å². The molecule has 1 unspecified atom stereocenters. The SMILES string of the molecule is CC(C)(C)OC(C)(CN)C1CC1. The van der Waals surface area contributed by atoms with E-state index < -0.39 is 0 Å². The largest absolute Gasteiger partial charge is 0.368 e. The van der Waals surface area contributed by atoms with E-state index in [-0.39, 0.29) is 11.2 Å². The smallest absolute Gasteiger partial charge is 0.0811 e. The zero-order valence-electron chi connectivity index (χ0n) is 8.68. The molecule has 0 heterocycles. The van der Waals surface area contributed by atoms with E-state index in [0.717, 1.165) is 0 Å². The van der Waals surface area contributed by atoms with E-state index >= 15 is 0 Å². The minimum absolute atomic E-state index is 0.0727. The van der Waals surface area contributed by atoms with Crippen LogP contribution in [0.25, 0.3) is 0 Å². The van der Waals surface area contributed by atoms with Crippen LogP contribution in [-0.2, 0) is 4.74 Å². The van der Waals surface area contributed by atoms with Gasteiger partial charge in [0, 0.05) is 6.54 Å². The van der Waals surface area contributed by atoms with E-state index in [4.69, 9.17) is 10.5 Å². The lowest BCUT2D eigenvalue weighted by Gasteiger charge is -2.36. The summed E-state index contributed by atoms with van der Waals surface area (Å²) < 4.78 is 5.97. The molecule has 1 saturated carbocycles. The van der Waals surface area contributed by atoms with E-state index in [0.29, 0.717) is 12.5 Å². The van der Waals surface area contributed by atoms with Crippen LogP contribution in [0.4, 0.5) is 0 Å². The second-order valence-electron chi connectivity index (χ2n) is 5.01. The number of hydrogen-bond donors (Lipinski definition) is 1. The van der Waals surface area contributed by atoms with Crippen LogP contribution >= 0.6 is 0 Å². The van der Waals surface area contributed by atoms with Crippen LogP contribution in [0, 0.1) is 5.92 Å². The highest BCUT2D eigenvalue weighted by atomic mass is 16.5. The minimum atomic E-state index is -0.0851. The Bertz CT molecular complexity index is 158. The topological polar surface area (TPSA) is 35.2 Å². The predicted octanol–water partition coefficient (Wildman–Crippen LogP) is 1.93. The Morgan fingerprint density at radius 2 is 1.75 bits per heavy atom. The van der Waals surface area contributed by atoms with Gasteiger partial charge in [0.05, 0.1) is 11.2 Å². The molecule has 2 heteroatoms. The summed E-state index contributed by atoms with van der Waals surface area (Å²) in [4.78, 5) is 0. The summed E-state index contributed by atoms with van der Waals surface area (Å²) in [5.74, 6) is 0.696. The zero-order valence-corrected chi connectivity index (χ0v) is 8.68. The summed E-state index contributed by atoms with van der Waals surface area (Å²) in [5.41, 5.74) is 5.57. The summed E-state index contributed by atoms with van der Waals surface area (Å²) in [7, 11) is 0. The van der Waals surface area contributed by atoms with Crippen molar-refractivity contribution in [1.82, 2.24) is 0 Å². The Balaban J connectivity index is 2.54. The molecule has 1 atom stereocenters.